The van der Waals surface area contributed by atoms with E-state index in [0.29, 0.717) is 24.3 Å². The van der Waals surface area contributed by atoms with Crippen molar-refractivity contribution >= 4 is 23.2 Å². The summed E-state index contributed by atoms with van der Waals surface area (Å²) in [4.78, 5) is 8.69. The lowest BCUT2D eigenvalue weighted by atomic mass is 10.2. The molecule has 0 atom stereocenters. The van der Waals surface area contributed by atoms with E-state index in [9.17, 15) is 0 Å². The first-order chi connectivity index (χ1) is 11.7. The molecule has 1 heterocycles. The van der Waals surface area contributed by atoms with E-state index in [2.05, 4.69) is 15.3 Å². The lowest BCUT2D eigenvalue weighted by Crippen LogP contribution is -2.03. The molecule has 4 nitrogen and oxygen atoms in total. The Bertz CT molecular complexity index is 809. The number of rotatable bonds is 6. The number of hydrogen-bond donors (Lipinski definition) is 1. The van der Waals surface area contributed by atoms with Crippen molar-refractivity contribution in [2.24, 2.45) is 0 Å². The fourth-order valence-electron chi connectivity index (χ4n) is 2.28. The highest BCUT2D eigenvalue weighted by atomic mass is 35.5. The van der Waals surface area contributed by atoms with E-state index in [0.717, 1.165) is 22.5 Å². The third-order valence-electron chi connectivity index (χ3n) is 3.50. The van der Waals surface area contributed by atoms with Gasteiger partial charge in [-0.05, 0) is 30.2 Å². The van der Waals surface area contributed by atoms with Crippen molar-refractivity contribution in [2.75, 3.05) is 5.32 Å². The predicted molar refractivity (Wildman–Crippen MR) is 96.4 cm³/mol. The van der Waals surface area contributed by atoms with E-state index in [4.69, 9.17) is 16.3 Å². The van der Waals surface area contributed by atoms with Gasteiger partial charge >= 0.3 is 0 Å². The first-order valence-electron chi connectivity index (χ1n) is 7.68. The highest BCUT2D eigenvalue weighted by molar-refractivity contribution is 6.29. The lowest BCUT2D eigenvalue weighted by Gasteiger charge is -2.10. The van der Waals surface area contributed by atoms with Gasteiger partial charge < -0.3 is 10.1 Å². The Labute approximate surface area is 146 Å². The Kier molecular flexibility index (Phi) is 5.41. The number of nitrogens with one attached hydrogen (secondary N) is 1. The van der Waals surface area contributed by atoms with Crippen LogP contribution in [0.25, 0.3) is 0 Å². The van der Waals surface area contributed by atoms with E-state index in [1.165, 1.54) is 0 Å². The number of ether oxygens (including phenoxy) is 1. The minimum absolute atomic E-state index is 0.375. The molecule has 0 spiro atoms. The van der Waals surface area contributed by atoms with Gasteiger partial charge in [-0.3, -0.25) is 0 Å². The number of halogens is 1. The van der Waals surface area contributed by atoms with Crippen molar-refractivity contribution in [1.82, 2.24) is 9.97 Å². The third-order valence-corrected chi connectivity index (χ3v) is 3.69. The van der Waals surface area contributed by atoms with Crippen LogP contribution < -0.4 is 5.32 Å². The lowest BCUT2D eigenvalue weighted by molar-refractivity contribution is 0.104. The summed E-state index contributed by atoms with van der Waals surface area (Å²) in [5, 5.41) is 3.59. The minimum atomic E-state index is 0.375. The summed E-state index contributed by atoms with van der Waals surface area (Å²) in [6.07, 6.45) is 0. The molecular formula is C19H18ClN3O. The molecule has 0 aliphatic carbocycles. The van der Waals surface area contributed by atoms with Crippen molar-refractivity contribution < 1.29 is 4.74 Å². The summed E-state index contributed by atoms with van der Waals surface area (Å²) >= 11 is 6.11. The van der Waals surface area contributed by atoms with Crippen LogP contribution >= 0.6 is 11.6 Å². The monoisotopic (exact) mass is 339 g/mol. The Morgan fingerprint density at radius 2 is 1.71 bits per heavy atom. The van der Waals surface area contributed by atoms with Crippen LogP contribution in [0.3, 0.4) is 0 Å². The van der Waals surface area contributed by atoms with Crippen molar-refractivity contribution in [3.63, 3.8) is 0 Å². The molecular weight excluding hydrogens is 322 g/mol. The zero-order valence-corrected chi connectivity index (χ0v) is 14.1. The van der Waals surface area contributed by atoms with Crippen LogP contribution in [0.2, 0.25) is 5.15 Å². The van der Waals surface area contributed by atoms with Crippen LogP contribution in [-0.2, 0) is 18.0 Å². The average Bonchev–Trinajstić information content (AvgIpc) is 2.57. The topological polar surface area (TPSA) is 47.0 Å². The summed E-state index contributed by atoms with van der Waals surface area (Å²) in [7, 11) is 0. The van der Waals surface area contributed by atoms with Crippen molar-refractivity contribution in [1.29, 1.82) is 0 Å². The predicted octanol–water partition coefficient (Wildman–Crippen LogP) is 4.90. The minimum Gasteiger partial charge on any atom is -0.370 e. The summed E-state index contributed by atoms with van der Waals surface area (Å²) in [5.74, 6) is 0.468. The van der Waals surface area contributed by atoms with Crippen molar-refractivity contribution in [3.8, 4) is 0 Å². The van der Waals surface area contributed by atoms with Gasteiger partial charge in [0.15, 0.2) is 0 Å². The highest BCUT2D eigenvalue weighted by Gasteiger charge is 2.06. The normalized spacial score (nSPS) is 10.6. The molecule has 0 radical (unpaired) electrons. The van der Waals surface area contributed by atoms with Crippen LogP contribution in [0.5, 0.6) is 0 Å². The molecule has 1 aromatic heterocycles. The standard InChI is InChI=1S/C19H18ClN3O/c1-14-7-5-6-10-17(14)22-19-21-16(11-18(20)23-19)13-24-12-15-8-3-2-4-9-15/h2-11H,12-13H2,1H3,(H,21,22,23). The van der Waals surface area contributed by atoms with E-state index in [-0.39, 0.29) is 0 Å². The average molecular weight is 340 g/mol. The molecule has 3 rings (SSSR count). The van der Waals surface area contributed by atoms with Gasteiger partial charge in [-0.25, -0.2) is 9.97 Å². The second-order valence-electron chi connectivity index (χ2n) is 5.42. The van der Waals surface area contributed by atoms with Gasteiger partial charge in [0, 0.05) is 5.69 Å². The second kappa shape index (κ2) is 7.90. The number of anilines is 2. The maximum absolute atomic E-state index is 6.11. The largest absolute Gasteiger partial charge is 0.370 e. The maximum Gasteiger partial charge on any atom is 0.228 e. The molecule has 2 aromatic carbocycles. The zero-order chi connectivity index (χ0) is 16.8. The molecule has 0 aliphatic rings. The van der Waals surface area contributed by atoms with Gasteiger partial charge in [0.1, 0.15) is 5.15 Å². The van der Waals surface area contributed by atoms with Crippen LogP contribution in [0.15, 0.2) is 60.7 Å². The molecule has 3 aromatic rings. The Morgan fingerprint density at radius 1 is 0.958 bits per heavy atom. The van der Waals surface area contributed by atoms with Gasteiger partial charge in [-0.1, -0.05) is 60.1 Å². The quantitative estimate of drug-likeness (QED) is 0.649. The molecule has 24 heavy (non-hydrogen) atoms. The Morgan fingerprint density at radius 3 is 2.50 bits per heavy atom. The van der Waals surface area contributed by atoms with Crippen LogP contribution in [0.4, 0.5) is 11.6 Å². The molecule has 0 bridgehead atoms. The van der Waals surface area contributed by atoms with Crippen molar-refractivity contribution in [3.05, 3.63) is 82.6 Å². The van der Waals surface area contributed by atoms with Gasteiger partial charge in [-0.2, -0.15) is 0 Å². The van der Waals surface area contributed by atoms with E-state index in [1.807, 2.05) is 61.5 Å². The fraction of sp³-hybridized carbons (Fsp3) is 0.158. The SMILES string of the molecule is Cc1ccccc1Nc1nc(Cl)cc(COCc2ccccc2)n1. The van der Waals surface area contributed by atoms with Crippen LogP contribution in [0.1, 0.15) is 16.8 Å². The van der Waals surface area contributed by atoms with Gasteiger partial charge in [0.05, 0.1) is 18.9 Å². The molecule has 0 amide bonds. The molecule has 0 saturated carbocycles. The van der Waals surface area contributed by atoms with E-state index < -0.39 is 0 Å². The molecule has 0 aliphatic heterocycles. The van der Waals surface area contributed by atoms with Crippen molar-refractivity contribution in [2.45, 2.75) is 20.1 Å². The van der Waals surface area contributed by atoms with Crippen LogP contribution in [-0.4, -0.2) is 9.97 Å². The first kappa shape index (κ1) is 16.4. The molecule has 0 unspecified atom stereocenters. The van der Waals surface area contributed by atoms with E-state index in [1.54, 1.807) is 6.07 Å². The Hall–Kier alpha value is -2.43. The number of nitrogens with zero attached hydrogens (tertiary/aromatic N) is 2. The number of benzene rings is 2. The summed E-state index contributed by atoms with van der Waals surface area (Å²) in [6, 6.07) is 19.7. The maximum atomic E-state index is 6.11. The molecule has 122 valence electrons. The summed E-state index contributed by atoms with van der Waals surface area (Å²) in [6.45, 7) is 2.93. The molecule has 5 heteroatoms. The molecule has 0 saturated heterocycles. The fourth-order valence-corrected chi connectivity index (χ4v) is 2.48. The van der Waals surface area contributed by atoms with E-state index >= 15 is 0 Å². The second-order valence-corrected chi connectivity index (χ2v) is 5.81. The van der Waals surface area contributed by atoms with Gasteiger partial charge in [-0.15, -0.1) is 0 Å². The number of aryl methyl sites for hydroxylation is 1. The zero-order valence-electron chi connectivity index (χ0n) is 13.4. The third kappa shape index (κ3) is 4.54. The first-order valence-corrected chi connectivity index (χ1v) is 8.06. The smallest absolute Gasteiger partial charge is 0.228 e. The molecule has 1 N–H and O–H groups in total. The Balaban J connectivity index is 1.66. The number of hydrogen-bond acceptors (Lipinski definition) is 4. The van der Waals surface area contributed by atoms with Gasteiger partial charge in [0.25, 0.3) is 0 Å². The summed E-state index contributed by atoms with van der Waals surface area (Å²) in [5.41, 5.74) is 3.93. The highest BCUT2D eigenvalue weighted by Crippen LogP contribution is 2.19. The number of aromatic nitrogens is 2. The number of para-hydroxylation sites is 1. The van der Waals surface area contributed by atoms with Crippen LogP contribution in [0, 0.1) is 6.92 Å². The van der Waals surface area contributed by atoms with Gasteiger partial charge in [0.2, 0.25) is 5.95 Å². The molecule has 0 fully saturated rings. The summed E-state index contributed by atoms with van der Waals surface area (Å²) < 4.78 is 5.71.